The van der Waals surface area contributed by atoms with Gasteiger partial charge in [-0.1, -0.05) is 11.6 Å². The number of halogens is 2. The molecule has 1 heterocycles. The fourth-order valence-electron chi connectivity index (χ4n) is 2.29. The smallest absolute Gasteiger partial charge is 0.252 e. The highest BCUT2D eigenvalue weighted by atomic mass is 79.9. The Labute approximate surface area is 126 Å². The van der Waals surface area contributed by atoms with E-state index in [0.29, 0.717) is 16.5 Å². The van der Waals surface area contributed by atoms with Gasteiger partial charge in [0.15, 0.2) is 0 Å². The molecule has 1 amide bonds. The normalized spacial score (nSPS) is 18.1. The van der Waals surface area contributed by atoms with Crippen molar-refractivity contribution in [3.8, 4) is 0 Å². The van der Waals surface area contributed by atoms with Crippen LogP contribution in [0, 0.1) is 5.92 Å². The Balaban J connectivity index is 2.01. The standard InChI is InChI=1S/C14H17BrClNO2/c1-9(10-4-6-19-7-5-10)17-14(18)12-8-11(16)2-3-13(12)15/h2-3,8-10H,4-7H2,1H3,(H,17,18). The third-order valence-corrected chi connectivity index (χ3v) is 4.43. The van der Waals surface area contributed by atoms with E-state index in [4.69, 9.17) is 16.3 Å². The Kier molecular flexibility index (Phi) is 5.25. The first-order chi connectivity index (χ1) is 9.08. The minimum Gasteiger partial charge on any atom is -0.381 e. The van der Waals surface area contributed by atoms with Crippen molar-refractivity contribution in [1.82, 2.24) is 5.32 Å². The molecule has 1 atom stereocenters. The summed E-state index contributed by atoms with van der Waals surface area (Å²) in [5, 5.41) is 3.61. The lowest BCUT2D eigenvalue weighted by atomic mass is 9.93. The van der Waals surface area contributed by atoms with Crippen LogP contribution in [0.2, 0.25) is 5.02 Å². The lowest BCUT2D eigenvalue weighted by molar-refractivity contribution is 0.0538. The maximum atomic E-state index is 12.2. The van der Waals surface area contributed by atoms with Crippen molar-refractivity contribution in [2.45, 2.75) is 25.8 Å². The Morgan fingerprint density at radius 2 is 2.16 bits per heavy atom. The summed E-state index contributed by atoms with van der Waals surface area (Å²) in [5.41, 5.74) is 0.575. The number of amides is 1. The molecule has 5 heteroatoms. The van der Waals surface area contributed by atoms with Crippen molar-refractivity contribution < 1.29 is 9.53 Å². The minimum atomic E-state index is -0.0895. The van der Waals surface area contributed by atoms with E-state index < -0.39 is 0 Å². The maximum absolute atomic E-state index is 12.2. The largest absolute Gasteiger partial charge is 0.381 e. The van der Waals surface area contributed by atoms with E-state index in [9.17, 15) is 4.79 Å². The average molecular weight is 347 g/mol. The van der Waals surface area contributed by atoms with E-state index in [-0.39, 0.29) is 11.9 Å². The van der Waals surface area contributed by atoms with E-state index in [0.717, 1.165) is 30.5 Å². The SMILES string of the molecule is CC(NC(=O)c1cc(Cl)ccc1Br)C1CCOCC1. The monoisotopic (exact) mass is 345 g/mol. The summed E-state index contributed by atoms with van der Waals surface area (Å²) in [6, 6.07) is 5.36. The number of ether oxygens (including phenoxy) is 1. The van der Waals surface area contributed by atoms with E-state index in [2.05, 4.69) is 21.2 Å². The Morgan fingerprint density at radius 3 is 2.84 bits per heavy atom. The van der Waals surface area contributed by atoms with Crippen LogP contribution in [0.5, 0.6) is 0 Å². The minimum absolute atomic E-state index is 0.0895. The lowest BCUT2D eigenvalue weighted by Crippen LogP contribution is -2.40. The van der Waals surface area contributed by atoms with Crippen LogP contribution in [0.15, 0.2) is 22.7 Å². The number of hydrogen-bond donors (Lipinski definition) is 1. The first-order valence-corrected chi connectivity index (χ1v) is 7.58. The van der Waals surface area contributed by atoms with Crippen molar-refractivity contribution in [3.63, 3.8) is 0 Å². The van der Waals surface area contributed by atoms with Crippen molar-refractivity contribution in [3.05, 3.63) is 33.3 Å². The van der Waals surface area contributed by atoms with Crippen LogP contribution in [-0.4, -0.2) is 25.2 Å². The maximum Gasteiger partial charge on any atom is 0.252 e. The lowest BCUT2D eigenvalue weighted by Gasteiger charge is -2.28. The molecule has 1 aliphatic heterocycles. The molecule has 19 heavy (non-hydrogen) atoms. The highest BCUT2D eigenvalue weighted by Gasteiger charge is 2.22. The van der Waals surface area contributed by atoms with Crippen molar-refractivity contribution in [2.75, 3.05) is 13.2 Å². The first kappa shape index (κ1) is 14.8. The molecular weight excluding hydrogens is 330 g/mol. The van der Waals surface area contributed by atoms with E-state index in [1.807, 2.05) is 6.92 Å². The van der Waals surface area contributed by atoms with Crippen molar-refractivity contribution in [2.24, 2.45) is 5.92 Å². The highest BCUT2D eigenvalue weighted by molar-refractivity contribution is 9.10. The molecule has 1 unspecified atom stereocenters. The van der Waals surface area contributed by atoms with E-state index in [1.54, 1.807) is 18.2 Å². The summed E-state index contributed by atoms with van der Waals surface area (Å²) < 4.78 is 6.09. The topological polar surface area (TPSA) is 38.3 Å². The second kappa shape index (κ2) is 6.73. The van der Waals surface area contributed by atoms with Gasteiger partial charge in [-0.2, -0.15) is 0 Å². The number of benzene rings is 1. The van der Waals surface area contributed by atoms with Gasteiger partial charge < -0.3 is 10.1 Å². The van der Waals surface area contributed by atoms with E-state index in [1.165, 1.54) is 0 Å². The second-order valence-electron chi connectivity index (χ2n) is 4.84. The molecule has 3 nitrogen and oxygen atoms in total. The van der Waals surface area contributed by atoms with Crippen molar-refractivity contribution in [1.29, 1.82) is 0 Å². The molecule has 1 aliphatic rings. The molecule has 1 saturated heterocycles. The first-order valence-electron chi connectivity index (χ1n) is 6.41. The van der Waals surface area contributed by atoms with Gasteiger partial charge in [-0.3, -0.25) is 4.79 Å². The van der Waals surface area contributed by atoms with Crippen LogP contribution in [-0.2, 0) is 4.74 Å². The van der Waals surface area contributed by atoms with Crippen molar-refractivity contribution >= 4 is 33.4 Å². The van der Waals surface area contributed by atoms with Crippen LogP contribution in [0.25, 0.3) is 0 Å². The summed E-state index contributed by atoms with van der Waals surface area (Å²) in [7, 11) is 0. The summed E-state index contributed by atoms with van der Waals surface area (Å²) in [5.74, 6) is 0.393. The molecule has 0 bridgehead atoms. The molecule has 2 rings (SSSR count). The van der Waals surface area contributed by atoms with Gasteiger partial charge in [0.25, 0.3) is 5.91 Å². The van der Waals surface area contributed by atoms with Crippen LogP contribution in [0.1, 0.15) is 30.1 Å². The zero-order valence-electron chi connectivity index (χ0n) is 10.8. The van der Waals surface area contributed by atoms with Crippen LogP contribution in [0.4, 0.5) is 0 Å². The van der Waals surface area contributed by atoms with Gasteiger partial charge in [0.1, 0.15) is 0 Å². The molecule has 0 spiro atoms. The van der Waals surface area contributed by atoms with Gasteiger partial charge in [-0.25, -0.2) is 0 Å². The fraction of sp³-hybridized carbons (Fsp3) is 0.500. The molecule has 0 aliphatic carbocycles. The summed E-state index contributed by atoms with van der Waals surface area (Å²) in [6.45, 7) is 3.61. The molecule has 1 aromatic rings. The van der Waals surface area contributed by atoms with Gasteiger partial charge in [-0.15, -0.1) is 0 Å². The average Bonchev–Trinajstić information content (AvgIpc) is 2.42. The predicted molar refractivity (Wildman–Crippen MR) is 79.6 cm³/mol. The Morgan fingerprint density at radius 1 is 1.47 bits per heavy atom. The number of carbonyl (C=O) groups is 1. The fourth-order valence-corrected chi connectivity index (χ4v) is 2.89. The summed E-state index contributed by atoms with van der Waals surface area (Å²) >= 11 is 9.31. The molecular formula is C14H17BrClNO2. The molecule has 0 saturated carbocycles. The molecule has 104 valence electrons. The van der Waals surface area contributed by atoms with E-state index >= 15 is 0 Å². The predicted octanol–water partition coefficient (Wildman–Crippen LogP) is 3.65. The Hall–Kier alpha value is -0.580. The van der Waals surface area contributed by atoms with Gasteiger partial charge in [0, 0.05) is 28.8 Å². The molecule has 1 N–H and O–H groups in total. The number of hydrogen-bond acceptors (Lipinski definition) is 2. The molecule has 0 radical (unpaired) electrons. The summed E-state index contributed by atoms with van der Waals surface area (Å²) in [6.07, 6.45) is 2.00. The summed E-state index contributed by atoms with van der Waals surface area (Å²) in [4.78, 5) is 12.2. The zero-order chi connectivity index (χ0) is 13.8. The van der Waals surface area contributed by atoms with Crippen LogP contribution in [0.3, 0.4) is 0 Å². The van der Waals surface area contributed by atoms with Gasteiger partial charge >= 0.3 is 0 Å². The zero-order valence-corrected chi connectivity index (χ0v) is 13.1. The third-order valence-electron chi connectivity index (χ3n) is 3.50. The van der Waals surface area contributed by atoms with Gasteiger partial charge in [-0.05, 0) is 59.8 Å². The quantitative estimate of drug-likeness (QED) is 0.907. The third kappa shape index (κ3) is 3.94. The van der Waals surface area contributed by atoms with Crippen LogP contribution >= 0.6 is 27.5 Å². The molecule has 1 fully saturated rings. The second-order valence-corrected chi connectivity index (χ2v) is 6.13. The van der Waals surface area contributed by atoms with Crippen LogP contribution < -0.4 is 5.32 Å². The molecule has 0 aromatic heterocycles. The molecule has 1 aromatic carbocycles. The highest BCUT2D eigenvalue weighted by Crippen LogP contribution is 2.23. The number of nitrogens with one attached hydrogen (secondary N) is 1. The van der Waals surface area contributed by atoms with Gasteiger partial charge in [0.2, 0.25) is 0 Å². The number of rotatable bonds is 3. The number of carbonyl (C=O) groups excluding carboxylic acids is 1. The van der Waals surface area contributed by atoms with Gasteiger partial charge in [0.05, 0.1) is 5.56 Å². The Bertz CT molecular complexity index is 461.